The predicted molar refractivity (Wildman–Crippen MR) is 112 cm³/mol. The van der Waals surface area contributed by atoms with E-state index in [0.29, 0.717) is 6.42 Å². The topological polar surface area (TPSA) is 63.1 Å². The van der Waals surface area contributed by atoms with Crippen LogP contribution in [0, 0.1) is 0 Å². The Bertz CT molecular complexity index is 885. The third-order valence-corrected chi connectivity index (χ3v) is 4.83. The summed E-state index contributed by atoms with van der Waals surface area (Å²) in [5, 5.41) is 8.78. The zero-order valence-corrected chi connectivity index (χ0v) is 16.3. The number of carboxylic acid groups (broad SMARTS) is 1. The molecule has 4 heteroatoms. The van der Waals surface area contributed by atoms with Gasteiger partial charge in [0.15, 0.2) is 5.82 Å². The third kappa shape index (κ3) is 5.49. The maximum atomic E-state index is 10.7. The number of aliphatic carboxylic acids is 1. The average Bonchev–Trinajstić information content (AvgIpc) is 2.73. The third-order valence-electron chi connectivity index (χ3n) is 4.83. The molecule has 0 fully saturated rings. The van der Waals surface area contributed by atoms with Crippen molar-refractivity contribution in [2.45, 2.75) is 45.4 Å². The minimum atomic E-state index is -0.768. The smallest absolute Gasteiger partial charge is 0.303 e. The first-order valence-corrected chi connectivity index (χ1v) is 9.88. The predicted octanol–water partition coefficient (Wildman–Crippen LogP) is 5.56. The highest BCUT2D eigenvalue weighted by Crippen LogP contribution is 2.24. The highest BCUT2D eigenvalue weighted by molar-refractivity contribution is 5.69. The molecule has 0 unspecified atom stereocenters. The minimum absolute atomic E-state index is 0.158. The highest BCUT2D eigenvalue weighted by Gasteiger charge is 2.04. The standard InChI is InChI=1S/C24H26N2O2/c1-2-3-4-5-19-16-25-24(26-17-19)22-13-11-21(12-14-22)20-9-6-18(7-10-20)8-15-23(27)28/h6-7,9-14,16-17H,2-5,8,15H2,1H3,(H,27,28). The molecule has 0 amide bonds. The molecular formula is C24H26N2O2. The lowest BCUT2D eigenvalue weighted by atomic mass is 10.0. The van der Waals surface area contributed by atoms with Crippen LogP contribution in [0.15, 0.2) is 60.9 Å². The number of hydrogen-bond donors (Lipinski definition) is 1. The molecule has 3 rings (SSSR count). The van der Waals surface area contributed by atoms with Crippen molar-refractivity contribution in [1.82, 2.24) is 9.97 Å². The zero-order chi connectivity index (χ0) is 19.8. The van der Waals surface area contributed by atoms with E-state index in [0.717, 1.165) is 34.5 Å². The van der Waals surface area contributed by atoms with Gasteiger partial charge in [-0.25, -0.2) is 9.97 Å². The van der Waals surface area contributed by atoms with Crippen LogP contribution in [0.1, 0.15) is 43.7 Å². The highest BCUT2D eigenvalue weighted by atomic mass is 16.4. The number of carboxylic acids is 1. The quantitative estimate of drug-likeness (QED) is 0.498. The van der Waals surface area contributed by atoms with Crippen LogP contribution in [-0.2, 0) is 17.6 Å². The van der Waals surface area contributed by atoms with E-state index in [1.165, 1.54) is 24.8 Å². The summed E-state index contributed by atoms with van der Waals surface area (Å²) in [7, 11) is 0. The van der Waals surface area contributed by atoms with Crippen molar-refractivity contribution in [3.05, 3.63) is 72.1 Å². The van der Waals surface area contributed by atoms with Gasteiger partial charge in [-0.3, -0.25) is 4.79 Å². The van der Waals surface area contributed by atoms with Crippen LogP contribution in [0.5, 0.6) is 0 Å². The van der Waals surface area contributed by atoms with Gasteiger partial charge in [0, 0.05) is 24.4 Å². The lowest BCUT2D eigenvalue weighted by Crippen LogP contribution is -1.97. The Labute approximate surface area is 166 Å². The monoisotopic (exact) mass is 374 g/mol. The number of benzene rings is 2. The summed E-state index contributed by atoms with van der Waals surface area (Å²) in [6, 6.07) is 16.3. The molecule has 0 spiro atoms. The Hall–Kier alpha value is -3.01. The number of rotatable bonds is 9. The summed E-state index contributed by atoms with van der Waals surface area (Å²) in [6.45, 7) is 2.21. The molecule has 1 heterocycles. The van der Waals surface area contributed by atoms with E-state index in [4.69, 9.17) is 5.11 Å². The number of carbonyl (C=O) groups is 1. The largest absolute Gasteiger partial charge is 0.481 e. The second-order valence-electron chi connectivity index (χ2n) is 7.04. The molecule has 0 saturated carbocycles. The van der Waals surface area contributed by atoms with Crippen LogP contribution in [0.4, 0.5) is 0 Å². The molecule has 0 aliphatic rings. The molecule has 2 aromatic carbocycles. The van der Waals surface area contributed by atoms with E-state index in [-0.39, 0.29) is 6.42 Å². The molecule has 0 atom stereocenters. The molecule has 3 aromatic rings. The first kappa shape index (κ1) is 19.7. The molecule has 1 aromatic heterocycles. The summed E-state index contributed by atoms with van der Waals surface area (Å²) >= 11 is 0. The number of aryl methyl sites for hydroxylation is 2. The number of hydrogen-bond acceptors (Lipinski definition) is 3. The Kier molecular flexibility index (Phi) is 6.90. The van der Waals surface area contributed by atoms with Crippen molar-refractivity contribution >= 4 is 5.97 Å². The van der Waals surface area contributed by atoms with Crippen LogP contribution in [0.25, 0.3) is 22.5 Å². The summed E-state index contributed by atoms with van der Waals surface area (Å²) < 4.78 is 0. The van der Waals surface area contributed by atoms with Gasteiger partial charge in [-0.05, 0) is 41.5 Å². The lowest BCUT2D eigenvalue weighted by molar-refractivity contribution is -0.136. The fourth-order valence-corrected chi connectivity index (χ4v) is 3.14. The maximum absolute atomic E-state index is 10.7. The van der Waals surface area contributed by atoms with Crippen molar-refractivity contribution in [3.63, 3.8) is 0 Å². The SMILES string of the molecule is CCCCCc1cnc(-c2ccc(-c3ccc(CCC(=O)O)cc3)cc2)nc1. The van der Waals surface area contributed by atoms with Crippen LogP contribution in [-0.4, -0.2) is 21.0 Å². The Morgan fingerprint density at radius 1 is 0.786 bits per heavy atom. The van der Waals surface area contributed by atoms with Gasteiger partial charge in [-0.1, -0.05) is 68.3 Å². The van der Waals surface area contributed by atoms with Crippen molar-refractivity contribution < 1.29 is 9.90 Å². The lowest BCUT2D eigenvalue weighted by Gasteiger charge is -2.06. The molecule has 1 N–H and O–H groups in total. The average molecular weight is 374 g/mol. The van der Waals surface area contributed by atoms with E-state index in [9.17, 15) is 4.79 Å². The van der Waals surface area contributed by atoms with E-state index in [1.807, 2.05) is 48.8 Å². The fourth-order valence-electron chi connectivity index (χ4n) is 3.14. The minimum Gasteiger partial charge on any atom is -0.481 e. The molecule has 0 bridgehead atoms. The van der Waals surface area contributed by atoms with Crippen molar-refractivity contribution in [1.29, 1.82) is 0 Å². The van der Waals surface area contributed by atoms with E-state index >= 15 is 0 Å². The number of nitrogens with zero attached hydrogens (tertiary/aromatic N) is 2. The van der Waals surface area contributed by atoms with Gasteiger partial charge in [0.1, 0.15) is 0 Å². The molecule has 0 aliphatic carbocycles. The fraction of sp³-hybridized carbons (Fsp3) is 0.292. The van der Waals surface area contributed by atoms with E-state index in [2.05, 4.69) is 29.0 Å². The Morgan fingerprint density at radius 3 is 1.93 bits per heavy atom. The molecule has 28 heavy (non-hydrogen) atoms. The summed E-state index contributed by atoms with van der Waals surface area (Å²) in [4.78, 5) is 19.7. The molecular weight excluding hydrogens is 348 g/mol. The molecule has 4 nitrogen and oxygen atoms in total. The van der Waals surface area contributed by atoms with Crippen LogP contribution in [0.3, 0.4) is 0 Å². The number of unbranched alkanes of at least 4 members (excludes halogenated alkanes) is 2. The first-order chi connectivity index (χ1) is 13.7. The molecule has 0 aliphatic heterocycles. The summed E-state index contributed by atoms with van der Waals surface area (Å²) in [5.41, 5.74) is 5.46. The van der Waals surface area contributed by atoms with Gasteiger partial charge >= 0.3 is 5.97 Å². The Morgan fingerprint density at radius 2 is 1.36 bits per heavy atom. The van der Waals surface area contributed by atoms with Crippen LogP contribution in [0.2, 0.25) is 0 Å². The van der Waals surface area contributed by atoms with Gasteiger partial charge in [0.05, 0.1) is 0 Å². The van der Waals surface area contributed by atoms with Gasteiger partial charge in [0.2, 0.25) is 0 Å². The molecule has 0 radical (unpaired) electrons. The zero-order valence-electron chi connectivity index (χ0n) is 16.3. The Balaban J connectivity index is 1.65. The normalized spacial score (nSPS) is 10.8. The molecule has 144 valence electrons. The van der Waals surface area contributed by atoms with Gasteiger partial charge in [-0.2, -0.15) is 0 Å². The van der Waals surface area contributed by atoms with Gasteiger partial charge in [0.25, 0.3) is 0 Å². The second kappa shape index (κ2) is 9.79. The van der Waals surface area contributed by atoms with Gasteiger partial charge in [-0.15, -0.1) is 0 Å². The summed E-state index contributed by atoms with van der Waals surface area (Å²) in [6.07, 6.45) is 9.26. The molecule has 0 saturated heterocycles. The van der Waals surface area contributed by atoms with E-state index < -0.39 is 5.97 Å². The van der Waals surface area contributed by atoms with Crippen molar-refractivity contribution in [2.24, 2.45) is 0 Å². The van der Waals surface area contributed by atoms with Gasteiger partial charge < -0.3 is 5.11 Å². The first-order valence-electron chi connectivity index (χ1n) is 9.88. The van der Waals surface area contributed by atoms with Crippen molar-refractivity contribution in [3.8, 4) is 22.5 Å². The van der Waals surface area contributed by atoms with E-state index in [1.54, 1.807) is 0 Å². The summed E-state index contributed by atoms with van der Waals surface area (Å²) in [5.74, 6) is -0.0225. The van der Waals surface area contributed by atoms with Crippen molar-refractivity contribution in [2.75, 3.05) is 0 Å². The maximum Gasteiger partial charge on any atom is 0.303 e. The second-order valence-corrected chi connectivity index (χ2v) is 7.04. The van der Waals surface area contributed by atoms with Crippen LogP contribution >= 0.6 is 0 Å². The van der Waals surface area contributed by atoms with Crippen LogP contribution < -0.4 is 0 Å². The number of aromatic nitrogens is 2.